The van der Waals surface area contributed by atoms with Gasteiger partial charge in [-0.15, -0.1) is 11.3 Å². The molecule has 80 valence electrons. The number of nitrogens with zero attached hydrogens (tertiary/aromatic N) is 2. The quantitative estimate of drug-likeness (QED) is 0.811. The molecule has 4 heteroatoms. The molecule has 0 fully saturated rings. The number of aliphatic hydroxyl groups is 1. The molecular weight excluding hydrogens is 196 g/mol. The number of rotatable bonds is 5. The van der Waals surface area contributed by atoms with Crippen LogP contribution in [0.4, 0.5) is 0 Å². The molecule has 0 aliphatic rings. The van der Waals surface area contributed by atoms with Crippen LogP contribution in [-0.2, 0) is 6.54 Å². The second-order valence-corrected chi connectivity index (χ2v) is 4.57. The van der Waals surface area contributed by atoms with Gasteiger partial charge in [0.25, 0.3) is 0 Å². The molecule has 0 bridgehead atoms. The van der Waals surface area contributed by atoms with Crippen LogP contribution in [0.15, 0.2) is 10.9 Å². The Balaban J connectivity index is 2.51. The average Bonchev–Trinajstić information content (AvgIpc) is 2.54. The lowest BCUT2D eigenvalue weighted by molar-refractivity contribution is 0.102. The van der Waals surface area contributed by atoms with Crippen LogP contribution in [0.2, 0.25) is 0 Å². The Morgan fingerprint density at radius 1 is 1.50 bits per heavy atom. The van der Waals surface area contributed by atoms with E-state index in [1.807, 2.05) is 12.4 Å². The lowest BCUT2D eigenvalue weighted by Crippen LogP contribution is -2.36. The van der Waals surface area contributed by atoms with Crippen molar-refractivity contribution in [1.82, 2.24) is 9.88 Å². The lowest BCUT2D eigenvalue weighted by atomic mass is 10.2. The van der Waals surface area contributed by atoms with E-state index in [1.165, 1.54) is 0 Å². The third kappa shape index (κ3) is 3.74. The van der Waals surface area contributed by atoms with Crippen molar-refractivity contribution >= 4 is 11.3 Å². The highest BCUT2D eigenvalue weighted by Crippen LogP contribution is 2.09. The predicted octanol–water partition coefficient (Wildman–Crippen LogP) is 1.73. The molecule has 3 nitrogen and oxygen atoms in total. The Morgan fingerprint density at radius 2 is 2.21 bits per heavy atom. The van der Waals surface area contributed by atoms with Crippen LogP contribution in [0.3, 0.4) is 0 Å². The van der Waals surface area contributed by atoms with Gasteiger partial charge in [-0.2, -0.15) is 0 Å². The second kappa shape index (κ2) is 5.44. The van der Waals surface area contributed by atoms with Crippen molar-refractivity contribution in [2.45, 2.75) is 39.5 Å². The summed E-state index contributed by atoms with van der Waals surface area (Å²) in [6.45, 7) is 7.61. The Hall–Kier alpha value is -0.450. The third-order valence-electron chi connectivity index (χ3n) is 2.08. The van der Waals surface area contributed by atoms with E-state index in [-0.39, 0.29) is 6.10 Å². The van der Waals surface area contributed by atoms with Gasteiger partial charge < -0.3 is 5.11 Å². The minimum absolute atomic E-state index is 0.281. The van der Waals surface area contributed by atoms with E-state index in [2.05, 4.69) is 29.1 Å². The molecule has 1 aromatic heterocycles. The van der Waals surface area contributed by atoms with E-state index in [9.17, 15) is 5.11 Å². The summed E-state index contributed by atoms with van der Waals surface area (Å²) in [7, 11) is 0. The Bertz CT molecular complexity index is 247. The smallest absolute Gasteiger partial charge is 0.0795 e. The Labute approximate surface area is 89.4 Å². The van der Waals surface area contributed by atoms with E-state index in [0.717, 1.165) is 12.2 Å². The first-order chi connectivity index (χ1) is 6.59. The molecule has 0 aliphatic heterocycles. The maximum Gasteiger partial charge on any atom is 0.0795 e. The zero-order valence-electron chi connectivity index (χ0n) is 8.97. The third-order valence-corrected chi connectivity index (χ3v) is 2.71. The van der Waals surface area contributed by atoms with Gasteiger partial charge in [-0.1, -0.05) is 0 Å². The normalized spacial score (nSPS) is 13.9. The molecule has 1 unspecified atom stereocenters. The number of aliphatic hydroxyl groups excluding tert-OH is 1. The van der Waals surface area contributed by atoms with E-state index in [0.29, 0.717) is 12.6 Å². The van der Waals surface area contributed by atoms with E-state index in [4.69, 9.17) is 0 Å². The molecule has 0 radical (unpaired) electrons. The van der Waals surface area contributed by atoms with Gasteiger partial charge in [0.15, 0.2) is 0 Å². The average molecular weight is 214 g/mol. The summed E-state index contributed by atoms with van der Waals surface area (Å²) in [6, 6.07) is 0.436. The standard InChI is InChI=1S/C10H18N2OS/c1-8(2)12(4-9(3)13)5-10-6-14-7-11-10/h6-9,13H,4-5H2,1-3H3. The van der Waals surface area contributed by atoms with Crippen LogP contribution < -0.4 is 0 Å². The summed E-state index contributed by atoms with van der Waals surface area (Å²) >= 11 is 1.61. The van der Waals surface area contributed by atoms with Gasteiger partial charge in [-0.25, -0.2) is 4.98 Å². The molecule has 1 atom stereocenters. The molecule has 0 spiro atoms. The lowest BCUT2D eigenvalue weighted by Gasteiger charge is -2.26. The van der Waals surface area contributed by atoms with Crippen LogP contribution in [0.5, 0.6) is 0 Å². The van der Waals surface area contributed by atoms with Gasteiger partial charge in [0.05, 0.1) is 17.3 Å². The van der Waals surface area contributed by atoms with Gasteiger partial charge >= 0.3 is 0 Å². The van der Waals surface area contributed by atoms with Crippen molar-refractivity contribution in [1.29, 1.82) is 0 Å². The van der Waals surface area contributed by atoms with Gasteiger partial charge in [0, 0.05) is 24.5 Å². The number of thiazole rings is 1. The van der Waals surface area contributed by atoms with Crippen LogP contribution in [0.1, 0.15) is 26.5 Å². The first-order valence-electron chi connectivity index (χ1n) is 4.88. The summed E-state index contributed by atoms with van der Waals surface area (Å²) in [5.41, 5.74) is 2.93. The van der Waals surface area contributed by atoms with Gasteiger partial charge in [-0.3, -0.25) is 4.90 Å². The fourth-order valence-corrected chi connectivity index (χ4v) is 1.87. The van der Waals surface area contributed by atoms with Crippen molar-refractivity contribution in [2.75, 3.05) is 6.54 Å². The van der Waals surface area contributed by atoms with Gasteiger partial charge in [0.2, 0.25) is 0 Å². The van der Waals surface area contributed by atoms with Crippen molar-refractivity contribution < 1.29 is 5.11 Å². The van der Waals surface area contributed by atoms with Crippen molar-refractivity contribution in [3.63, 3.8) is 0 Å². The van der Waals surface area contributed by atoms with Crippen molar-refractivity contribution in [3.05, 3.63) is 16.6 Å². The van der Waals surface area contributed by atoms with Crippen LogP contribution in [-0.4, -0.2) is 33.7 Å². The molecule has 1 aromatic rings. The van der Waals surface area contributed by atoms with E-state index < -0.39 is 0 Å². The zero-order valence-corrected chi connectivity index (χ0v) is 9.79. The molecule has 1 heterocycles. The second-order valence-electron chi connectivity index (χ2n) is 3.85. The highest BCUT2D eigenvalue weighted by molar-refractivity contribution is 7.07. The maximum atomic E-state index is 9.34. The van der Waals surface area contributed by atoms with Crippen LogP contribution in [0.25, 0.3) is 0 Å². The molecule has 0 aromatic carbocycles. The molecule has 1 rings (SSSR count). The van der Waals surface area contributed by atoms with Crippen LogP contribution >= 0.6 is 11.3 Å². The molecule has 0 aliphatic carbocycles. The largest absolute Gasteiger partial charge is 0.392 e. The fraction of sp³-hybridized carbons (Fsp3) is 0.700. The SMILES string of the molecule is CC(O)CN(Cc1cscn1)C(C)C. The Kier molecular flexibility index (Phi) is 4.51. The number of aromatic nitrogens is 1. The predicted molar refractivity (Wildman–Crippen MR) is 59.3 cm³/mol. The number of hydrogen-bond acceptors (Lipinski definition) is 4. The van der Waals surface area contributed by atoms with Crippen LogP contribution in [0, 0.1) is 0 Å². The van der Waals surface area contributed by atoms with E-state index in [1.54, 1.807) is 11.3 Å². The summed E-state index contributed by atoms with van der Waals surface area (Å²) in [6.07, 6.45) is -0.281. The Morgan fingerprint density at radius 3 is 2.64 bits per heavy atom. The first-order valence-corrected chi connectivity index (χ1v) is 5.83. The monoisotopic (exact) mass is 214 g/mol. The van der Waals surface area contributed by atoms with Gasteiger partial charge in [-0.05, 0) is 20.8 Å². The van der Waals surface area contributed by atoms with Crippen molar-refractivity contribution in [2.24, 2.45) is 0 Å². The molecular formula is C10H18N2OS. The molecule has 14 heavy (non-hydrogen) atoms. The first kappa shape index (κ1) is 11.6. The summed E-state index contributed by atoms with van der Waals surface area (Å²) < 4.78 is 0. The van der Waals surface area contributed by atoms with E-state index >= 15 is 0 Å². The zero-order chi connectivity index (χ0) is 10.6. The molecule has 0 amide bonds. The topological polar surface area (TPSA) is 36.4 Å². The summed E-state index contributed by atoms with van der Waals surface area (Å²) in [5.74, 6) is 0. The molecule has 1 N–H and O–H groups in total. The highest BCUT2D eigenvalue weighted by Gasteiger charge is 2.13. The minimum atomic E-state index is -0.281. The maximum absolute atomic E-state index is 9.34. The van der Waals surface area contributed by atoms with Gasteiger partial charge in [0.1, 0.15) is 0 Å². The summed E-state index contributed by atoms with van der Waals surface area (Å²) in [4.78, 5) is 6.46. The molecule has 0 saturated carbocycles. The highest BCUT2D eigenvalue weighted by atomic mass is 32.1. The summed E-state index contributed by atoms with van der Waals surface area (Å²) in [5, 5.41) is 11.4. The fourth-order valence-electron chi connectivity index (χ4n) is 1.32. The minimum Gasteiger partial charge on any atom is -0.392 e. The number of hydrogen-bond donors (Lipinski definition) is 1. The molecule has 0 saturated heterocycles. The van der Waals surface area contributed by atoms with Crippen molar-refractivity contribution in [3.8, 4) is 0 Å².